The quantitative estimate of drug-likeness (QED) is 0.701. The van der Waals surface area contributed by atoms with Gasteiger partial charge in [0.15, 0.2) is 11.5 Å². The monoisotopic (exact) mass is 447 g/mol. The SMILES string of the molecule is CC[C@@H]1CCC[C@H]1N1CC[C@H](NC(=O)c2cc(-c3ccc(F)cc3F)on2)[C@@H](C(=O)O)C1. The highest BCUT2D eigenvalue weighted by Gasteiger charge is 2.40. The van der Waals surface area contributed by atoms with Crippen LogP contribution in [0.2, 0.25) is 0 Å². The largest absolute Gasteiger partial charge is 0.481 e. The average molecular weight is 447 g/mol. The molecule has 2 aromatic rings. The Morgan fingerprint density at radius 2 is 2.06 bits per heavy atom. The molecule has 1 amide bonds. The number of hydrogen-bond acceptors (Lipinski definition) is 5. The third-order valence-corrected chi connectivity index (χ3v) is 6.83. The molecule has 1 aromatic carbocycles. The van der Waals surface area contributed by atoms with E-state index in [1.807, 2.05) is 0 Å². The number of carbonyl (C=O) groups is 2. The van der Waals surface area contributed by atoms with Crippen LogP contribution in [-0.2, 0) is 4.79 Å². The van der Waals surface area contributed by atoms with Gasteiger partial charge in [0.25, 0.3) is 5.91 Å². The maximum atomic E-state index is 14.0. The highest BCUT2D eigenvalue weighted by atomic mass is 19.1. The standard InChI is InChI=1S/C23H27F2N3O4/c1-2-13-4-3-5-20(13)28-9-8-18(16(12-28)23(30)31)26-22(29)19-11-21(32-27-19)15-7-6-14(24)10-17(15)25/h6-7,10-11,13,16,18,20H,2-5,8-9,12H2,1H3,(H,26,29)(H,30,31)/t13-,16+,18+,20-/m1/s1. The second-order valence-corrected chi connectivity index (χ2v) is 8.68. The molecule has 9 heteroatoms. The first-order chi connectivity index (χ1) is 15.4. The van der Waals surface area contributed by atoms with E-state index in [1.165, 1.54) is 25.0 Å². The molecule has 0 spiro atoms. The number of carboxylic acid groups (broad SMARTS) is 1. The van der Waals surface area contributed by atoms with Gasteiger partial charge in [0, 0.05) is 37.3 Å². The number of halogens is 2. The van der Waals surface area contributed by atoms with E-state index in [2.05, 4.69) is 22.3 Å². The van der Waals surface area contributed by atoms with E-state index in [1.54, 1.807) is 0 Å². The third kappa shape index (κ3) is 4.53. The Morgan fingerprint density at radius 3 is 2.78 bits per heavy atom. The third-order valence-electron chi connectivity index (χ3n) is 6.83. The maximum absolute atomic E-state index is 14.0. The van der Waals surface area contributed by atoms with Crippen LogP contribution in [0.15, 0.2) is 28.8 Å². The van der Waals surface area contributed by atoms with Gasteiger partial charge >= 0.3 is 5.97 Å². The van der Waals surface area contributed by atoms with E-state index in [0.29, 0.717) is 24.9 Å². The predicted octanol–water partition coefficient (Wildman–Crippen LogP) is 3.70. The Hall–Kier alpha value is -2.81. The van der Waals surface area contributed by atoms with Crippen LogP contribution >= 0.6 is 0 Å². The Bertz CT molecular complexity index is 995. The zero-order valence-electron chi connectivity index (χ0n) is 17.9. The number of carbonyl (C=O) groups excluding carboxylic acids is 1. The van der Waals surface area contributed by atoms with Gasteiger partial charge in [-0.25, -0.2) is 8.78 Å². The molecule has 0 radical (unpaired) electrons. The van der Waals surface area contributed by atoms with E-state index in [0.717, 1.165) is 31.5 Å². The Morgan fingerprint density at radius 1 is 1.25 bits per heavy atom. The lowest BCUT2D eigenvalue weighted by molar-refractivity contribution is -0.145. The van der Waals surface area contributed by atoms with Gasteiger partial charge < -0.3 is 14.9 Å². The summed E-state index contributed by atoms with van der Waals surface area (Å²) in [6.45, 7) is 3.29. The van der Waals surface area contributed by atoms with Crippen LogP contribution in [0.25, 0.3) is 11.3 Å². The highest BCUT2D eigenvalue weighted by molar-refractivity contribution is 5.93. The fourth-order valence-corrected chi connectivity index (χ4v) is 5.12. The van der Waals surface area contributed by atoms with Gasteiger partial charge in [0.05, 0.1) is 11.5 Å². The molecule has 2 N–H and O–H groups in total. The summed E-state index contributed by atoms with van der Waals surface area (Å²) in [7, 11) is 0. The summed E-state index contributed by atoms with van der Waals surface area (Å²) in [6.07, 6.45) is 5.04. The lowest BCUT2D eigenvalue weighted by Gasteiger charge is -2.41. The molecule has 0 unspecified atom stereocenters. The number of carboxylic acids is 1. The zero-order chi connectivity index (χ0) is 22.8. The summed E-state index contributed by atoms with van der Waals surface area (Å²) in [5, 5.41) is 16.3. The molecule has 1 aliphatic carbocycles. The summed E-state index contributed by atoms with van der Waals surface area (Å²) < 4.78 is 32.2. The van der Waals surface area contributed by atoms with E-state index < -0.39 is 35.5 Å². The molecule has 4 rings (SSSR count). The van der Waals surface area contributed by atoms with E-state index in [-0.39, 0.29) is 17.0 Å². The van der Waals surface area contributed by atoms with E-state index in [4.69, 9.17) is 4.52 Å². The summed E-state index contributed by atoms with van der Waals surface area (Å²) in [5.41, 5.74) is -0.103. The predicted molar refractivity (Wildman–Crippen MR) is 112 cm³/mol. The summed E-state index contributed by atoms with van der Waals surface area (Å²) >= 11 is 0. The first-order valence-electron chi connectivity index (χ1n) is 11.1. The van der Waals surface area contributed by atoms with Crippen LogP contribution in [0.5, 0.6) is 0 Å². The molecule has 2 heterocycles. The molecule has 0 bridgehead atoms. The number of nitrogens with zero attached hydrogens (tertiary/aromatic N) is 2. The van der Waals surface area contributed by atoms with E-state index in [9.17, 15) is 23.5 Å². The lowest BCUT2D eigenvalue weighted by atomic mass is 9.89. The summed E-state index contributed by atoms with van der Waals surface area (Å²) in [6, 6.07) is 4.13. The second kappa shape index (κ2) is 9.36. The molecule has 172 valence electrons. The molecule has 1 aliphatic heterocycles. The molecule has 2 aliphatic rings. The number of aromatic nitrogens is 1. The van der Waals surface area contributed by atoms with Crippen molar-refractivity contribution in [2.75, 3.05) is 13.1 Å². The number of rotatable bonds is 6. The van der Waals surface area contributed by atoms with Crippen molar-refractivity contribution in [3.8, 4) is 11.3 Å². The first kappa shape index (κ1) is 22.4. The van der Waals surface area contributed by atoms with Crippen LogP contribution in [0.1, 0.15) is 49.5 Å². The smallest absolute Gasteiger partial charge is 0.309 e. The number of amides is 1. The van der Waals surface area contributed by atoms with Crippen molar-refractivity contribution < 1.29 is 28.0 Å². The number of nitrogens with one attached hydrogen (secondary N) is 1. The Kier molecular flexibility index (Phi) is 6.55. The Labute approximate surface area is 184 Å². The molecule has 2 fully saturated rings. The molecular weight excluding hydrogens is 420 g/mol. The minimum Gasteiger partial charge on any atom is -0.481 e. The lowest BCUT2D eigenvalue weighted by Crippen LogP contribution is -2.56. The van der Waals surface area contributed by atoms with Crippen molar-refractivity contribution >= 4 is 11.9 Å². The number of piperidine rings is 1. The molecule has 7 nitrogen and oxygen atoms in total. The topological polar surface area (TPSA) is 95.7 Å². The molecule has 1 aromatic heterocycles. The molecule has 32 heavy (non-hydrogen) atoms. The fraction of sp³-hybridized carbons (Fsp3) is 0.522. The van der Waals surface area contributed by atoms with E-state index >= 15 is 0 Å². The van der Waals surface area contributed by atoms with Crippen LogP contribution < -0.4 is 5.32 Å². The highest BCUT2D eigenvalue weighted by Crippen LogP contribution is 2.34. The van der Waals surface area contributed by atoms with Gasteiger partial charge in [-0.15, -0.1) is 0 Å². The number of benzene rings is 1. The van der Waals surface area contributed by atoms with Crippen LogP contribution in [0.3, 0.4) is 0 Å². The fourth-order valence-electron chi connectivity index (χ4n) is 5.12. The van der Waals surface area contributed by atoms with Gasteiger partial charge in [0.2, 0.25) is 0 Å². The van der Waals surface area contributed by atoms with Gasteiger partial charge in [0.1, 0.15) is 11.6 Å². The van der Waals surface area contributed by atoms with Gasteiger partial charge in [-0.2, -0.15) is 0 Å². The van der Waals surface area contributed by atoms with Crippen molar-refractivity contribution in [2.24, 2.45) is 11.8 Å². The second-order valence-electron chi connectivity index (χ2n) is 8.68. The Balaban J connectivity index is 1.44. The molecule has 4 atom stereocenters. The van der Waals surface area contributed by atoms with Gasteiger partial charge in [-0.05, 0) is 37.3 Å². The van der Waals surface area contributed by atoms with Crippen molar-refractivity contribution in [3.63, 3.8) is 0 Å². The minimum absolute atomic E-state index is 0.0101. The van der Waals surface area contributed by atoms with Gasteiger partial charge in [-0.1, -0.05) is 24.9 Å². The number of aliphatic carboxylic acids is 1. The number of hydrogen-bond donors (Lipinski definition) is 2. The van der Waals surface area contributed by atoms with Crippen LogP contribution in [-0.4, -0.2) is 52.2 Å². The normalized spacial score (nSPS) is 26.2. The van der Waals surface area contributed by atoms with Crippen LogP contribution in [0, 0.1) is 23.5 Å². The molecule has 1 saturated heterocycles. The molecule has 1 saturated carbocycles. The first-order valence-corrected chi connectivity index (χ1v) is 11.1. The van der Waals surface area contributed by atoms with Crippen molar-refractivity contribution in [1.82, 2.24) is 15.4 Å². The summed E-state index contributed by atoms with van der Waals surface area (Å²) in [4.78, 5) is 26.9. The van der Waals surface area contributed by atoms with Crippen LogP contribution in [0.4, 0.5) is 8.78 Å². The van der Waals surface area contributed by atoms with Gasteiger partial charge in [-0.3, -0.25) is 14.5 Å². The van der Waals surface area contributed by atoms with Crippen molar-refractivity contribution in [3.05, 3.63) is 41.6 Å². The minimum atomic E-state index is -0.944. The van der Waals surface area contributed by atoms with Crippen molar-refractivity contribution in [1.29, 1.82) is 0 Å². The maximum Gasteiger partial charge on any atom is 0.309 e. The summed E-state index contributed by atoms with van der Waals surface area (Å²) in [5.74, 6) is -3.23. The average Bonchev–Trinajstić information content (AvgIpc) is 3.43. The molecular formula is C23H27F2N3O4. The zero-order valence-corrected chi connectivity index (χ0v) is 17.9. The van der Waals surface area contributed by atoms with Crippen molar-refractivity contribution in [2.45, 2.75) is 51.1 Å². The number of likely N-dealkylation sites (tertiary alicyclic amines) is 1.